The number of amides is 1. The lowest BCUT2D eigenvalue weighted by atomic mass is 10.1. The second-order valence-corrected chi connectivity index (χ2v) is 6.46. The molecule has 0 radical (unpaired) electrons. The van der Waals surface area contributed by atoms with Gasteiger partial charge in [-0.3, -0.25) is 4.79 Å². The number of nitrogens with two attached hydrogens (primary N) is 1. The van der Waals surface area contributed by atoms with Crippen LogP contribution in [0.15, 0.2) is 65.8 Å². The summed E-state index contributed by atoms with van der Waals surface area (Å²) < 4.78 is 0. The smallest absolute Gasteiger partial charge is 0.233 e. The lowest BCUT2D eigenvalue weighted by molar-refractivity contribution is -0.129. The van der Waals surface area contributed by atoms with E-state index in [-0.39, 0.29) is 17.6 Å². The van der Waals surface area contributed by atoms with Gasteiger partial charge >= 0.3 is 0 Å². The van der Waals surface area contributed by atoms with Gasteiger partial charge in [0.05, 0.1) is 5.75 Å². The fourth-order valence-electron chi connectivity index (χ4n) is 2.38. The van der Waals surface area contributed by atoms with Gasteiger partial charge in [0.1, 0.15) is 0 Å². The highest BCUT2D eigenvalue weighted by Gasteiger charge is 2.16. The van der Waals surface area contributed by atoms with Crippen molar-refractivity contribution >= 4 is 23.6 Å². The number of benzene rings is 2. The van der Waals surface area contributed by atoms with Crippen molar-refractivity contribution in [1.82, 2.24) is 20.1 Å². The van der Waals surface area contributed by atoms with Crippen LogP contribution in [-0.4, -0.2) is 31.7 Å². The average molecular weight is 353 g/mol. The van der Waals surface area contributed by atoms with Crippen LogP contribution < -0.4 is 5.73 Å². The van der Waals surface area contributed by atoms with Crippen LogP contribution in [0.2, 0.25) is 0 Å². The van der Waals surface area contributed by atoms with Gasteiger partial charge in [-0.25, -0.2) is 5.10 Å². The molecule has 0 aliphatic carbocycles. The third kappa shape index (κ3) is 5.09. The fraction of sp³-hybridized carbons (Fsp3) is 0.167. The van der Waals surface area contributed by atoms with E-state index in [0.29, 0.717) is 18.2 Å². The molecule has 7 heteroatoms. The van der Waals surface area contributed by atoms with Crippen LogP contribution in [0.5, 0.6) is 0 Å². The number of thioether (sulfide) groups is 1. The Kier molecular flexibility index (Phi) is 5.69. The molecule has 0 fully saturated rings. The summed E-state index contributed by atoms with van der Waals surface area (Å²) in [5.41, 5.74) is 7.70. The SMILES string of the molecule is Nc1nc(SCC(=O)N(Cc2ccccc2)Cc2ccccc2)n[nH]1. The molecule has 1 heterocycles. The number of aromatic amines is 1. The maximum Gasteiger partial charge on any atom is 0.233 e. The Labute approximate surface area is 150 Å². The molecule has 3 N–H and O–H groups in total. The number of H-pyrrole nitrogens is 1. The molecular formula is C18H19N5OS. The zero-order valence-corrected chi connectivity index (χ0v) is 14.4. The Balaban J connectivity index is 1.69. The number of aromatic nitrogens is 3. The van der Waals surface area contributed by atoms with Gasteiger partial charge in [0.25, 0.3) is 0 Å². The molecule has 25 heavy (non-hydrogen) atoms. The third-order valence-electron chi connectivity index (χ3n) is 3.59. The van der Waals surface area contributed by atoms with E-state index in [9.17, 15) is 4.79 Å². The first-order valence-electron chi connectivity index (χ1n) is 7.87. The minimum atomic E-state index is 0.0288. The summed E-state index contributed by atoms with van der Waals surface area (Å²) in [5, 5.41) is 7.00. The van der Waals surface area contributed by atoms with Crippen molar-refractivity contribution in [3.8, 4) is 0 Å². The molecule has 0 unspecified atom stereocenters. The molecular weight excluding hydrogens is 334 g/mol. The summed E-state index contributed by atoms with van der Waals surface area (Å²) in [5.74, 6) is 0.540. The zero-order chi connectivity index (χ0) is 17.5. The molecule has 0 saturated carbocycles. The van der Waals surface area contributed by atoms with E-state index in [1.807, 2.05) is 65.6 Å². The highest BCUT2D eigenvalue weighted by molar-refractivity contribution is 7.99. The molecule has 0 atom stereocenters. The van der Waals surface area contributed by atoms with Gasteiger partial charge in [-0.1, -0.05) is 72.4 Å². The van der Waals surface area contributed by atoms with Crippen molar-refractivity contribution < 1.29 is 4.79 Å². The molecule has 1 amide bonds. The fourth-order valence-corrected chi connectivity index (χ4v) is 3.09. The summed E-state index contributed by atoms with van der Waals surface area (Å²) in [4.78, 5) is 18.6. The highest BCUT2D eigenvalue weighted by Crippen LogP contribution is 2.16. The number of carbonyl (C=O) groups excluding carboxylic acids is 1. The van der Waals surface area contributed by atoms with Crippen molar-refractivity contribution in [3.05, 3.63) is 71.8 Å². The van der Waals surface area contributed by atoms with Crippen LogP contribution in [0.1, 0.15) is 11.1 Å². The van der Waals surface area contributed by atoms with Crippen LogP contribution in [0, 0.1) is 0 Å². The summed E-state index contributed by atoms with van der Waals surface area (Å²) in [6, 6.07) is 19.9. The van der Waals surface area contributed by atoms with Crippen LogP contribution >= 0.6 is 11.8 Å². The van der Waals surface area contributed by atoms with Gasteiger partial charge in [-0.15, -0.1) is 5.10 Å². The van der Waals surface area contributed by atoms with E-state index in [1.54, 1.807) is 0 Å². The maximum absolute atomic E-state index is 12.7. The second kappa shape index (κ2) is 8.34. The molecule has 128 valence electrons. The van der Waals surface area contributed by atoms with E-state index in [1.165, 1.54) is 11.8 Å². The van der Waals surface area contributed by atoms with Gasteiger partial charge in [-0.05, 0) is 11.1 Å². The lowest BCUT2D eigenvalue weighted by Gasteiger charge is -2.23. The molecule has 0 bridgehead atoms. The van der Waals surface area contributed by atoms with Crippen LogP contribution in [0.4, 0.5) is 5.95 Å². The number of hydrogen-bond acceptors (Lipinski definition) is 5. The van der Waals surface area contributed by atoms with Crippen LogP contribution in [0.25, 0.3) is 0 Å². The minimum Gasteiger partial charge on any atom is -0.368 e. The second-order valence-electron chi connectivity index (χ2n) is 5.51. The van der Waals surface area contributed by atoms with E-state index in [2.05, 4.69) is 15.2 Å². The first-order valence-corrected chi connectivity index (χ1v) is 8.85. The predicted octanol–water partition coefficient (Wildman–Crippen LogP) is 2.71. The van der Waals surface area contributed by atoms with Crippen molar-refractivity contribution in [3.63, 3.8) is 0 Å². The first kappa shape index (κ1) is 17.0. The summed E-state index contributed by atoms with van der Waals surface area (Å²) in [6.07, 6.45) is 0. The van der Waals surface area contributed by atoms with E-state index in [0.717, 1.165) is 11.1 Å². The number of hydrogen-bond donors (Lipinski definition) is 2. The topological polar surface area (TPSA) is 87.9 Å². The molecule has 3 aromatic rings. The molecule has 1 aromatic heterocycles. The largest absolute Gasteiger partial charge is 0.368 e. The molecule has 2 aromatic carbocycles. The molecule has 0 aliphatic heterocycles. The Bertz CT molecular complexity index is 765. The van der Waals surface area contributed by atoms with Gasteiger partial charge in [0, 0.05) is 13.1 Å². The Morgan fingerprint density at radius 2 is 1.56 bits per heavy atom. The summed E-state index contributed by atoms with van der Waals surface area (Å²) >= 11 is 1.27. The van der Waals surface area contributed by atoms with E-state index >= 15 is 0 Å². The molecule has 0 aliphatic rings. The summed E-state index contributed by atoms with van der Waals surface area (Å²) in [6.45, 7) is 1.12. The lowest BCUT2D eigenvalue weighted by Crippen LogP contribution is -2.31. The van der Waals surface area contributed by atoms with E-state index in [4.69, 9.17) is 5.73 Å². The highest BCUT2D eigenvalue weighted by atomic mass is 32.2. The number of carbonyl (C=O) groups is 1. The van der Waals surface area contributed by atoms with Gasteiger partial charge in [0.15, 0.2) is 0 Å². The molecule has 0 spiro atoms. The maximum atomic E-state index is 12.7. The molecule has 3 rings (SSSR count). The number of nitrogen functional groups attached to an aromatic ring is 1. The first-order chi connectivity index (χ1) is 12.2. The van der Waals surface area contributed by atoms with Crippen molar-refractivity contribution in [2.75, 3.05) is 11.5 Å². The number of rotatable bonds is 7. The van der Waals surface area contributed by atoms with Crippen LogP contribution in [-0.2, 0) is 17.9 Å². The quantitative estimate of drug-likeness (QED) is 0.638. The average Bonchev–Trinajstić information content (AvgIpc) is 3.06. The van der Waals surface area contributed by atoms with Crippen LogP contribution in [0.3, 0.4) is 0 Å². The third-order valence-corrected chi connectivity index (χ3v) is 4.42. The van der Waals surface area contributed by atoms with Crippen molar-refractivity contribution in [2.24, 2.45) is 0 Å². The van der Waals surface area contributed by atoms with Gasteiger partial charge in [-0.2, -0.15) is 4.98 Å². The van der Waals surface area contributed by atoms with Crippen molar-refractivity contribution in [1.29, 1.82) is 0 Å². The van der Waals surface area contributed by atoms with Crippen molar-refractivity contribution in [2.45, 2.75) is 18.2 Å². The number of nitrogens with zero attached hydrogens (tertiary/aromatic N) is 3. The molecule has 0 saturated heterocycles. The Morgan fingerprint density at radius 1 is 1.00 bits per heavy atom. The standard InChI is InChI=1S/C18H19N5OS/c19-17-20-18(22-21-17)25-13-16(24)23(11-14-7-3-1-4-8-14)12-15-9-5-2-6-10-15/h1-10H,11-13H2,(H3,19,20,21,22). The van der Waals surface area contributed by atoms with Gasteiger partial charge in [0.2, 0.25) is 17.0 Å². The van der Waals surface area contributed by atoms with Gasteiger partial charge < -0.3 is 10.6 Å². The Morgan fingerprint density at radius 3 is 2.04 bits per heavy atom. The normalized spacial score (nSPS) is 10.6. The molecule has 6 nitrogen and oxygen atoms in total. The summed E-state index contributed by atoms with van der Waals surface area (Å²) in [7, 11) is 0. The zero-order valence-electron chi connectivity index (χ0n) is 13.6. The number of nitrogens with one attached hydrogen (secondary N) is 1. The minimum absolute atomic E-state index is 0.0288. The monoisotopic (exact) mass is 353 g/mol. The number of anilines is 1. The Hall–Kier alpha value is -2.80. The van der Waals surface area contributed by atoms with E-state index < -0.39 is 0 Å². The predicted molar refractivity (Wildman–Crippen MR) is 98.7 cm³/mol.